The van der Waals surface area contributed by atoms with E-state index in [1.807, 2.05) is 24.3 Å². The van der Waals surface area contributed by atoms with Crippen molar-refractivity contribution in [3.05, 3.63) is 71.3 Å². The smallest absolute Gasteiger partial charge is 0.0991 e. The summed E-state index contributed by atoms with van der Waals surface area (Å²) in [4.78, 5) is 2.44. The summed E-state index contributed by atoms with van der Waals surface area (Å²) in [6, 6.07) is 20.7. The Morgan fingerprint density at radius 2 is 1.68 bits per heavy atom. The second-order valence-electron chi connectivity index (χ2n) is 5.11. The van der Waals surface area contributed by atoms with Gasteiger partial charge in [0.05, 0.1) is 11.6 Å². The van der Waals surface area contributed by atoms with Crippen LogP contribution in [0.3, 0.4) is 0 Å². The number of nitriles is 1. The maximum absolute atomic E-state index is 8.77. The van der Waals surface area contributed by atoms with E-state index in [9.17, 15) is 0 Å². The van der Waals surface area contributed by atoms with Crippen molar-refractivity contribution >= 4 is 0 Å². The third kappa shape index (κ3) is 2.67. The van der Waals surface area contributed by atoms with E-state index in [0.717, 1.165) is 25.2 Å². The molecule has 19 heavy (non-hydrogen) atoms. The predicted octanol–water partition coefficient (Wildman–Crippen LogP) is 3.16. The van der Waals surface area contributed by atoms with Crippen LogP contribution in [-0.4, -0.2) is 18.0 Å². The Kier molecular flexibility index (Phi) is 3.31. The number of hydrogen-bond donors (Lipinski definition) is 0. The molecule has 0 unspecified atom stereocenters. The summed E-state index contributed by atoms with van der Waals surface area (Å²) in [5.41, 5.74) is 3.46. The van der Waals surface area contributed by atoms with Gasteiger partial charge < -0.3 is 0 Å². The van der Waals surface area contributed by atoms with Crippen molar-refractivity contribution in [2.45, 2.75) is 12.5 Å². The highest BCUT2D eigenvalue weighted by Crippen LogP contribution is 2.27. The fraction of sp³-hybridized carbons (Fsp3) is 0.235. The van der Waals surface area contributed by atoms with Crippen LogP contribution in [0.4, 0.5) is 0 Å². The zero-order valence-electron chi connectivity index (χ0n) is 10.8. The van der Waals surface area contributed by atoms with Crippen LogP contribution in [-0.2, 0) is 6.54 Å². The first-order chi connectivity index (χ1) is 9.35. The zero-order chi connectivity index (χ0) is 13.1. The Labute approximate surface area is 113 Å². The van der Waals surface area contributed by atoms with E-state index in [0.29, 0.717) is 5.92 Å². The molecule has 0 aromatic heterocycles. The molecule has 1 saturated heterocycles. The minimum absolute atomic E-state index is 0.680. The molecule has 2 nitrogen and oxygen atoms in total. The Bertz CT molecular complexity index is 575. The molecule has 0 bridgehead atoms. The van der Waals surface area contributed by atoms with E-state index in [1.54, 1.807) is 0 Å². The number of hydrogen-bond acceptors (Lipinski definition) is 2. The minimum atomic E-state index is 0.680. The van der Waals surface area contributed by atoms with Crippen LogP contribution in [0.25, 0.3) is 0 Å². The maximum Gasteiger partial charge on any atom is 0.0991 e. The van der Waals surface area contributed by atoms with Gasteiger partial charge in [0.1, 0.15) is 0 Å². The second-order valence-corrected chi connectivity index (χ2v) is 5.11. The van der Waals surface area contributed by atoms with E-state index in [4.69, 9.17) is 5.26 Å². The molecular formula is C17H16N2. The first-order valence-electron chi connectivity index (χ1n) is 6.61. The molecule has 2 heteroatoms. The van der Waals surface area contributed by atoms with Gasteiger partial charge in [0.15, 0.2) is 0 Å². The van der Waals surface area contributed by atoms with Gasteiger partial charge in [-0.2, -0.15) is 5.26 Å². The number of likely N-dealkylation sites (tertiary alicyclic amines) is 1. The molecule has 0 atom stereocenters. The van der Waals surface area contributed by atoms with Gasteiger partial charge in [-0.15, -0.1) is 0 Å². The standard InChI is InChI=1S/C17H16N2/c18-10-14-6-8-15(9-7-14)11-19-12-17(13-19)16-4-2-1-3-5-16/h1-9,17H,11-13H2. The monoisotopic (exact) mass is 248 g/mol. The van der Waals surface area contributed by atoms with Gasteiger partial charge in [0.25, 0.3) is 0 Å². The summed E-state index contributed by atoms with van der Waals surface area (Å²) in [5.74, 6) is 0.680. The lowest BCUT2D eigenvalue weighted by atomic mass is 9.91. The van der Waals surface area contributed by atoms with Crippen LogP contribution in [0.2, 0.25) is 0 Å². The number of rotatable bonds is 3. The van der Waals surface area contributed by atoms with E-state index in [-0.39, 0.29) is 0 Å². The van der Waals surface area contributed by atoms with Crippen molar-refractivity contribution < 1.29 is 0 Å². The van der Waals surface area contributed by atoms with Crippen molar-refractivity contribution in [1.29, 1.82) is 5.26 Å². The summed E-state index contributed by atoms with van der Waals surface area (Å²) >= 11 is 0. The van der Waals surface area contributed by atoms with Crippen molar-refractivity contribution in [2.75, 3.05) is 13.1 Å². The highest BCUT2D eigenvalue weighted by Gasteiger charge is 2.27. The quantitative estimate of drug-likeness (QED) is 0.834. The zero-order valence-corrected chi connectivity index (χ0v) is 10.8. The molecule has 1 aliphatic heterocycles. The molecule has 0 amide bonds. The van der Waals surface area contributed by atoms with E-state index < -0.39 is 0 Å². The van der Waals surface area contributed by atoms with Crippen molar-refractivity contribution in [2.24, 2.45) is 0 Å². The summed E-state index contributed by atoms with van der Waals surface area (Å²) in [6.45, 7) is 3.24. The van der Waals surface area contributed by atoms with E-state index in [2.05, 4.69) is 41.3 Å². The molecule has 3 rings (SSSR count). The molecule has 94 valence electrons. The summed E-state index contributed by atoms with van der Waals surface area (Å²) in [7, 11) is 0. The average molecular weight is 248 g/mol. The summed E-state index contributed by atoms with van der Waals surface area (Å²) in [6.07, 6.45) is 0. The number of benzene rings is 2. The summed E-state index contributed by atoms with van der Waals surface area (Å²) < 4.78 is 0. The maximum atomic E-state index is 8.77. The summed E-state index contributed by atoms with van der Waals surface area (Å²) in [5, 5.41) is 8.77. The number of nitrogens with zero attached hydrogens (tertiary/aromatic N) is 2. The lowest BCUT2D eigenvalue weighted by Crippen LogP contribution is -2.44. The van der Waals surface area contributed by atoms with Gasteiger partial charge in [-0.25, -0.2) is 0 Å². The largest absolute Gasteiger partial charge is 0.298 e. The topological polar surface area (TPSA) is 27.0 Å². The Morgan fingerprint density at radius 3 is 2.32 bits per heavy atom. The van der Waals surface area contributed by atoms with Crippen LogP contribution >= 0.6 is 0 Å². The second kappa shape index (κ2) is 5.26. The average Bonchev–Trinajstić information content (AvgIpc) is 2.44. The van der Waals surface area contributed by atoms with Crippen molar-refractivity contribution in [1.82, 2.24) is 4.90 Å². The highest BCUT2D eigenvalue weighted by atomic mass is 15.2. The lowest BCUT2D eigenvalue weighted by Gasteiger charge is -2.39. The molecule has 2 aromatic rings. The van der Waals surface area contributed by atoms with Gasteiger partial charge in [-0.05, 0) is 23.3 Å². The molecule has 0 N–H and O–H groups in total. The third-order valence-electron chi connectivity index (χ3n) is 3.72. The molecule has 0 saturated carbocycles. The fourth-order valence-corrected chi connectivity index (χ4v) is 2.58. The minimum Gasteiger partial charge on any atom is -0.298 e. The van der Waals surface area contributed by atoms with Crippen LogP contribution < -0.4 is 0 Å². The van der Waals surface area contributed by atoms with Crippen molar-refractivity contribution in [3.8, 4) is 6.07 Å². The van der Waals surface area contributed by atoms with Gasteiger partial charge in [-0.1, -0.05) is 42.5 Å². The van der Waals surface area contributed by atoms with Gasteiger partial charge in [-0.3, -0.25) is 4.90 Å². The lowest BCUT2D eigenvalue weighted by molar-refractivity contribution is 0.139. The molecule has 0 radical (unpaired) electrons. The fourth-order valence-electron chi connectivity index (χ4n) is 2.58. The van der Waals surface area contributed by atoms with E-state index >= 15 is 0 Å². The molecule has 0 spiro atoms. The van der Waals surface area contributed by atoms with Gasteiger partial charge in [0, 0.05) is 25.6 Å². The molecular weight excluding hydrogens is 232 g/mol. The highest BCUT2D eigenvalue weighted by molar-refractivity contribution is 5.32. The van der Waals surface area contributed by atoms with Crippen LogP contribution in [0.5, 0.6) is 0 Å². The van der Waals surface area contributed by atoms with Crippen LogP contribution in [0, 0.1) is 11.3 Å². The molecule has 1 fully saturated rings. The first kappa shape index (κ1) is 12.0. The normalized spacial score (nSPS) is 15.7. The molecule has 0 aliphatic carbocycles. The van der Waals surface area contributed by atoms with Crippen LogP contribution in [0.15, 0.2) is 54.6 Å². The Balaban J connectivity index is 1.55. The Morgan fingerprint density at radius 1 is 1.00 bits per heavy atom. The molecule has 1 heterocycles. The molecule has 2 aromatic carbocycles. The predicted molar refractivity (Wildman–Crippen MR) is 75.6 cm³/mol. The van der Waals surface area contributed by atoms with Gasteiger partial charge >= 0.3 is 0 Å². The SMILES string of the molecule is N#Cc1ccc(CN2CC(c3ccccc3)C2)cc1. The third-order valence-corrected chi connectivity index (χ3v) is 3.72. The van der Waals surface area contributed by atoms with E-state index in [1.165, 1.54) is 11.1 Å². The van der Waals surface area contributed by atoms with Crippen molar-refractivity contribution in [3.63, 3.8) is 0 Å². The molecule has 1 aliphatic rings. The Hall–Kier alpha value is -2.11. The van der Waals surface area contributed by atoms with Crippen LogP contribution in [0.1, 0.15) is 22.6 Å². The first-order valence-corrected chi connectivity index (χ1v) is 6.61. The van der Waals surface area contributed by atoms with Gasteiger partial charge in [0.2, 0.25) is 0 Å².